The Bertz CT molecular complexity index is 894. The van der Waals surface area contributed by atoms with E-state index in [0.717, 1.165) is 23.9 Å². The van der Waals surface area contributed by atoms with Gasteiger partial charge in [0, 0.05) is 12.2 Å². The molecular formula is C32H59N5O7S. The molecule has 0 aliphatic heterocycles. The lowest BCUT2D eigenvalue weighted by molar-refractivity contribution is -0.126. The van der Waals surface area contributed by atoms with Crippen molar-refractivity contribution in [3.8, 4) is 0 Å². The molecule has 1 aromatic heterocycles. The van der Waals surface area contributed by atoms with E-state index in [2.05, 4.69) is 34.8 Å². The molecule has 0 unspecified atom stereocenters. The Balaban J connectivity index is 2.35. The number of carbonyl (C=O) groups is 2. The number of hydrogen-bond acceptors (Lipinski definition) is 10. The van der Waals surface area contributed by atoms with Gasteiger partial charge in [0.25, 0.3) is 0 Å². The van der Waals surface area contributed by atoms with Gasteiger partial charge in [-0.25, -0.2) is 4.68 Å². The molecule has 0 bridgehead atoms. The summed E-state index contributed by atoms with van der Waals surface area (Å²) >= 11 is 1.46. The van der Waals surface area contributed by atoms with Crippen molar-refractivity contribution in [3.63, 3.8) is 0 Å². The fourth-order valence-electron chi connectivity index (χ4n) is 4.90. The molecule has 0 aliphatic carbocycles. The van der Waals surface area contributed by atoms with Gasteiger partial charge in [-0.1, -0.05) is 102 Å². The second-order valence-corrected chi connectivity index (χ2v) is 12.8. The Morgan fingerprint density at radius 3 is 1.96 bits per heavy atom. The van der Waals surface area contributed by atoms with Crippen LogP contribution in [0.1, 0.15) is 110 Å². The minimum absolute atomic E-state index is 0.0769. The molecule has 2 amide bonds. The second kappa shape index (κ2) is 26.3. The molecular weight excluding hydrogens is 598 g/mol. The van der Waals surface area contributed by atoms with Crippen molar-refractivity contribution in [2.45, 2.75) is 147 Å². The SMILES string of the molecule is [CH2][CH]CSC[C@@H](NC(=O)CCCCCCCCCCCCCCCCC)C(=O)Nc1cn(C[C@H](O)[C@H](O)[C@H](O)[C@H](O)CO)nn1. The third-order valence-electron chi connectivity index (χ3n) is 7.67. The molecule has 1 aromatic rings. The van der Waals surface area contributed by atoms with Crippen molar-refractivity contribution in [1.82, 2.24) is 20.3 Å². The summed E-state index contributed by atoms with van der Waals surface area (Å²) in [5, 5.41) is 61.4. The van der Waals surface area contributed by atoms with Gasteiger partial charge in [-0.3, -0.25) is 9.59 Å². The van der Waals surface area contributed by atoms with Crippen molar-refractivity contribution >= 4 is 29.4 Å². The highest BCUT2D eigenvalue weighted by Crippen LogP contribution is 2.14. The van der Waals surface area contributed by atoms with Crippen LogP contribution < -0.4 is 10.6 Å². The minimum atomic E-state index is -1.76. The number of aromatic nitrogens is 3. The van der Waals surface area contributed by atoms with Gasteiger partial charge in [0.1, 0.15) is 30.5 Å². The standard InChI is InChI=1S/C32H59N5O7S/c1-3-5-6-7-8-9-10-11-12-13-14-15-16-17-18-19-29(41)33-25(24-45-20-4-2)32(44)34-28-22-37(36-35-28)21-26(39)30(42)31(43)27(40)23-38/h4,22,25-27,30-31,38-40,42-43H,2-3,5-21,23-24H2,1H3,(H,33,41)(H,34,44)/t25-,26+,27-,30+,31-/m1/s1. The van der Waals surface area contributed by atoms with Crippen LogP contribution in [-0.4, -0.2) is 101 Å². The van der Waals surface area contributed by atoms with Gasteiger partial charge in [0.15, 0.2) is 5.82 Å². The van der Waals surface area contributed by atoms with Crippen molar-refractivity contribution in [2.24, 2.45) is 0 Å². The first kappa shape index (κ1) is 41.3. The van der Waals surface area contributed by atoms with Gasteiger partial charge in [-0.05, 0) is 25.5 Å². The topological polar surface area (TPSA) is 190 Å². The smallest absolute Gasteiger partial charge is 0.249 e. The Morgan fingerprint density at radius 2 is 1.42 bits per heavy atom. The number of thioether (sulfide) groups is 1. The molecule has 7 N–H and O–H groups in total. The summed E-state index contributed by atoms with van der Waals surface area (Å²) in [7, 11) is 0. The van der Waals surface area contributed by atoms with E-state index in [-0.39, 0.29) is 18.3 Å². The number of aliphatic hydroxyl groups is 5. The number of amides is 2. The first-order valence-corrected chi connectivity index (χ1v) is 17.9. The highest BCUT2D eigenvalue weighted by Gasteiger charge is 2.30. The van der Waals surface area contributed by atoms with E-state index in [1.54, 1.807) is 6.42 Å². The van der Waals surface area contributed by atoms with E-state index < -0.39 is 43.0 Å². The quantitative estimate of drug-likeness (QED) is 0.0630. The molecule has 1 heterocycles. The largest absolute Gasteiger partial charge is 0.394 e. The normalized spacial score (nSPS) is 14.9. The van der Waals surface area contributed by atoms with Gasteiger partial charge in [0.05, 0.1) is 19.3 Å². The zero-order valence-electron chi connectivity index (χ0n) is 27.2. The maximum absolute atomic E-state index is 13.0. The van der Waals surface area contributed by atoms with Gasteiger partial charge in [-0.15, -0.1) is 5.10 Å². The zero-order chi connectivity index (χ0) is 33.3. The monoisotopic (exact) mass is 657 g/mol. The average Bonchev–Trinajstić information content (AvgIpc) is 3.47. The molecule has 0 fully saturated rings. The van der Waals surface area contributed by atoms with E-state index in [0.29, 0.717) is 17.9 Å². The second-order valence-electron chi connectivity index (χ2n) is 11.8. The molecule has 0 aliphatic rings. The molecule has 1 rings (SSSR count). The fourth-order valence-corrected chi connectivity index (χ4v) is 5.67. The molecule has 0 aromatic carbocycles. The van der Waals surface area contributed by atoms with Crippen LogP contribution in [0, 0.1) is 13.3 Å². The highest BCUT2D eigenvalue weighted by atomic mass is 32.2. The Kier molecular flexibility index (Phi) is 24.1. The molecule has 0 spiro atoms. The van der Waals surface area contributed by atoms with E-state index in [1.807, 2.05) is 0 Å². The van der Waals surface area contributed by atoms with Crippen molar-refractivity contribution in [2.75, 3.05) is 23.4 Å². The van der Waals surface area contributed by atoms with Crippen LogP contribution in [0.15, 0.2) is 6.20 Å². The summed E-state index contributed by atoms with van der Waals surface area (Å²) in [6.45, 7) is 4.86. The number of unbranched alkanes of at least 4 members (excludes halogenated alkanes) is 14. The number of hydrogen-bond donors (Lipinski definition) is 7. The lowest BCUT2D eigenvalue weighted by atomic mass is 10.0. The van der Waals surface area contributed by atoms with Gasteiger partial charge < -0.3 is 36.2 Å². The summed E-state index contributed by atoms with van der Waals surface area (Å²) in [6.07, 6.45) is 15.5. The first-order valence-electron chi connectivity index (χ1n) is 16.8. The summed E-state index contributed by atoms with van der Waals surface area (Å²) in [5.41, 5.74) is 0. The first-order chi connectivity index (χ1) is 21.7. The van der Waals surface area contributed by atoms with Crippen molar-refractivity contribution in [3.05, 3.63) is 19.5 Å². The van der Waals surface area contributed by atoms with Gasteiger partial charge >= 0.3 is 0 Å². The summed E-state index contributed by atoms with van der Waals surface area (Å²) in [4.78, 5) is 25.6. The molecule has 2 radical (unpaired) electrons. The molecule has 12 nitrogen and oxygen atoms in total. The molecule has 13 heteroatoms. The van der Waals surface area contributed by atoms with Crippen LogP contribution in [0.2, 0.25) is 0 Å². The number of rotatable bonds is 29. The van der Waals surface area contributed by atoms with E-state index >= 15 is 0 Å². The summed E-state index contributed by atoms with van der Waals surface area (Å²) in [6, 6.07) is -0.800. The number of anilines is 1. The van der Waals surface area contributed by atoms with Crippen molar-refractivity contribution in [1.29, 1.82) is 0 Å². The molecule has 0 saturated heterocycles. The van der Waals surface area contributed by atoms with E-state index in [9.17, 15) is 30.0 Å². The maximum atomic E-state index is 13.0. The Morgan fingerprint density at radius 1 is 0.889 bits per heavy atom. The van der Waals surface area contributed by atoms with E-state index in [1.165, 1.54) is 95.0 Å². The lowest BCUT2D eigenvalue weighted by Crippen LogP contribution is -2.47. The van der Waals surface area contributed by atoms with Crippen LogP contribution in [0.4, 0.5) is 5.82 Å². The van der Waals surface area contributed by atoms with Crippen LogP contribution >= 0.6 is 11.8 Å². The number of carbonyl (C=O) groups excluding carboxylic acids is 2. The minimum Gasteiger partial charge on any atom is -0.394 e. The Hall–Kier alpha value is -1.77. The number of nitrogens with zero attached hydrogens (tertiary/aromatic N) is 3. The third kappa shape index (κ3) is 19.5. The Labute approximate surface area is 274 Å². The molecule has 260 valence electrons. The predicted octanol–water partition coefficient (Wildman–Crippen LogP) is 3.17. The highest BCUT2D eigenvalue weighted by molar-refractivity contribution is 7.99. The van der Waals surface area contributed by atoms with Gasteiger partial charge in [0.2, 0.25) is 11.8 Å². The third-order valence-corrected chi connectivity index (χ3v) is 8.71. The number of nitrogens with one attached hydrogen (secondary N) is 2. The van der Waals surface area contributed by atoms with Crippen LogP contribution in [0.3, 0.4) is 0 Å². The van der Waals surface area contributed by atoms with Crippen molar-refractivity contribution < 1.29 is 35.1 Å². The van der Waals surface area contributed by atoms with Crippen LogP contribution in [0.5, 0.6) is 0 Å². The molecule has 5 atom stereocenters. The fraction of sp³-hybridized carbons (Fsp3) is 0.812. The van der Waals surface area contributed by atoms with Crippen LogP contribution in [-0.2, 0) is 16.1 Å². The zero-order valence-corrected chi connectivity index (χ0v) is 28.0. The van der Waals surface area contributed by atoms with Gasteiger partial charge in [-0.2, -0.15) is 11.8 Å². The number of aliphatic hydroxyl groups excluding tert-OH is 5. The molecule has 45 heavy (non-hydrogen) atoms. The lowest BCUT2D eigenvalue weighted by Gasteiger charge is -2.25. The van der Waals surface area contributed by atoms with E-state index in [4.69, 9.17) is 5.11 Å². The summed E-state index contributed by atoms with van der Waals surface area (Å²) < 4.78 is 1.15. The summed E-state index contributed by atoms with van der Waals surface area (Å²) in [5.74, 6) is 0.380. The average molecular weight is 658 g/mol. The van der Waals surface area contributed by atoms with Crippen LogP contribution in [0.25, 0.3) is 0 Å². The predicted molar refractivity (Wildman–Crippen MR) is 178 cm³/mol. The maximum Gasteiger partial charge on any atom is 0.249 e. The molecule has 0 saturated carbocycles.